The predicted octanol–water partition coefficient (Wildman–Crippen LogP) is 1.57. The molecular weight excluding hydrogens is 348 g/mol. The van der Waals surface area contributed by atoms with E-state index in [0.717, 1.165) is 10.7 Å². The molecule has 0 aromatic carbocycles. The lowest BCUT2D eigenvalue weighted by atomic mass is 10.1. The second-order valence-corrected chi connectivity index (χ2v) is 9.33. The molecule has 1 saturated heterocycles. The first kappa shape index (κ1) is 17.1. The van der Waals surface area contributed by atoms with E-state index in [1.807, 2.05) is 13.8 Å². The lowest BCUT2D eigenvalue weighted by molar-refractivity contribution is 0.0729. The minimum atomic E-state index is -3.46. The number of carbonyl (C=O) groups is 1. The average Bonchev–Trinajstić information content (AvgIpc) is 3.12. The van der Waals surface area contributed by atoms with E-state index in [0.29, 0.717) is 30.8 Å². The Hall–Kier alpha value is -1.74. The summed E-state index contributed by atoms with van der Waals surface area (Å²) in [6.45, 7) is 4.57. The first-order valence-electron chi connectivity index (χ1n) is 7.75. The van der Waals surface area contributed by atoms with Crippen molar-refractivity contribution in [3.05, 3.63) is 28.0 Å². The van der Waals surface area contributed by atoms with Crippen LogP contribution in [0.15, 0.2) is 17.6 Å². The minimum Gasteiger partial charge on any atom is -0.338 e. The molecule has 130 valence electrons. The Morgan fingerprint density at radius 1 is 1.29 bits per heavy atom. The molecule has 2 aromatic rings. The molecule has 24 heavy (non-hydrogen) atoms. The molecule has 9 heteroatoms. The van der Waals surface area contributed by atoms with Crippen molar-refractivity contribution in [3.63, 3.8) is 0 Å². The van der Waals surface area contributed by atoms with Crippen molar-refractivity contribution in [2.75, 3.05) is 13.1 Å². The fraction of sp³-hybridized carbons (Fsp3) is 0.533. The number of carbonyl (C=O) groups excluding carboxylic acids is 1. The zero-order valence-corrected chi connectivity index (χ0v) is 15.5. The van der Waals surface area contributed by atoms with Crippen LogP contribution in [-0.4, -0.2) is 52.1 Å². The van der Waals surface area contributed by atoms with E-state index in [-0.39, 0.29) is 11.1 Å². The standard InChI is InChI=1S/C15H20N4O3S2/c1-10-13(23-11(2)17-10)14(20)19-7-4-12(5-8-19)24(21,22)15-16-6-9-18(15)3/h6,9,12H,4-5,7-8H2,1-3H3. The van der Waals surface area contributed by atoms with Crippen LogP contribution in [0, 0.1) is 13.8 Å². The largest absolute Gasteiger partial charge is 0.338 e. The summed E-state index contributed by atoms with van der Waals surface area (Å²) in [4.78, 5) is 23.2. The van der Waals surface area contributed by atoms with E-state index in [1.54, 1.807) is 18.1 Å². The van der Waals surface area contributed by atoms with Gasteiger partial charge in [0.1, 0.15) is 4.88 Å². The van der Waals surface area contributed by atoms with Gasteiger partial charge in [-0.15, -0.1) is 11.3 Å². The maximum Gasteiger partial charge on any atom is 0.265 e. The molecule has 2 aromatic heterocycles. The average molecular weight is 368 g/mol. The Labute approximate surface area is 145 Å². The third-order valence-electron chi connectivity index (χ3n) is 4.30. The number of imidazole rings is 1. The van der Waals surface area contributed by atoms with E-state index >= 15 is 0 Å². The van der Waals surface area contributed by atoms with E-state index in [2.05, 4.69) is 9.97 Å². The highest BCUT2D eigenvalue weighted by molar-refractivity contribution is 7.91. The Morgan fingerprint density at radius 2 is 1.96 bits per heavy atom. The lowest BCUT2D eigenvalue weighted by Crippen LogP contribution is -2.42. The van der Waals surface area contributed by atoms with E-state index in [1.165, 1.54) is 22.1 Å². The van der Waals surface area contributed by atoms with Gasteiger partial charge in [0.15, 0.2) is 0 Å². The maximum atomic E-state index is 12.7. The molecule has 0 spiro atoms. The molecule has 0 N–H and O–H groups in total. The summed E-state index contributed by atoms with van der Waals surface area (Å²) < 4.78 is 26.9. The number of aryl methyl sites for hydroxylation is 3. The van der Waals surface area contributed by atoms with Crippen LogP contribution in [-0.2, 0) is 16.9 Å². The number of hydrogen-bond acceptors (Lipinski definition) is 6. The monoisotopic (exact) mass is 368 g/mol. The smallest absolute Gasteiger partial charge is 0.265 e. The molecule has 7 nitrogen and oxygen atoms in total. The second kappa shape index (κ2) is 6.29. The van der Waals surface area contributed by atoms with Crippen LogP contribution in [0.1, 0.15) is 33.2 Å². The molecule has 0 radical (unpaired) electrons. The van der Waals surface area contributed by atoms with Crippen molar-refractivity contribution in [3.8, 4) is 0 Å². The third-order valence-corrected chi connectivity index (χ3v) is 7.61. The van der Waals surface area contributed by atoms with E-state index in [4.69, 9.17) is 0 Å². The number of hydrogen-bond donors (Lipinski definition) is 0. The highest BCUT2D eigenvalue weighted by atomic mass is 32.2. The van der Waals surface area contributed by atoms with Gasteiger partial charge in [-0.3, -0.25) is 4.79 Å². The van der Waals surface area contributed by atoms with Crippen LogP contribution >= 0.6 is 11.3 Å². The van der Waals surface area contributed by atoms with Gasteiger partial charge in [-0.2, -0.15) is 0 Å². The van der Waals surface area contributed by atoms with E-state index in [9.17, 15) is 13.2 Å². The Kier molecular flexibility index (Phi) is 4.48. The molecule has 1 aliphatic heterocycles. The van der Waals surface area contributed by atoms with Gasteiger partial charge in [-0.25, -0.2) is 18.4 Å². The fourth-order valence-corrected chi connectivity index (χ4v) is 5.71. The fourth-order valence-electron chi connectivity index (χ4n) is 3.02. The number of rotatable bonds is 3. The van der Waals surface area contributed by atoms with Crippen LogP contribution in [0.4, 0.5) is 0 Å². The maximum absolute atomic E-state index is 12.7. The van der Waals surface area contributed by atoms with Crippen LogP contribution in [0.25, 0.3) is 0 Å². The molecule has 1 fully saturated rings. The van der Waals surface area contributed by atoms with Gasteiger partial charge in [0.25, 0.3) is 5.91 Å². The van der Waals surface area contributed by atoms with Gasteiger partial charge in [-0.1, -0.05) is 0 Å². The van der Waals surface area contributed by atoms with Crippen molar-refractivity contribution in [2.45, 2.75) is 37.1 Å². The number of likely N-dealkylation sites (tertiary alicyclic amines) is 1. The van der Waals surface area contributed by atoms with Crippen molar-refractivity contribution in [2.24, 2.45) is 7.05 Å². The number of thiazole rings is 1. The molecule has 0 bridgehead atoms. The summed E-state index contributed by atoms with van der Waals surface area (Å²) in [6, 6.07) is 0. The lowest BCUT2D eigenvalue weighted by Gasteiger charge is -2.31. The number of nitrogens with zero attached hydrogens (tertiary/aromatic N) is 4. The zero-order valence-electron chi connectivity index (χ0n) is 13.9. The number of amides is 1. The number of aromatic nitrogens is 3. The van der Waals surface area contributed by atoms with Gasteiger partial charge in [0.2, 0.25) is 15.0 Å². The van der Waals surface area contributed by atoms with Gasteiger partial charge >= 0.3 is 0 Å². The SMILES string of the molecule is Cc1nc(C)c(C(=O)N2CCC(S(=O)(=O)c3nccn3C)CC2)s1. The normalized spacial score (nSPS) is 16.5. The molecule has 1 aliphatic rings. The van der Waals surface area contributed by atoms with Gasteiger partial charge in [0, 0.05) is 32.5 Å². The molecule has 1 amide bonds. The van der Waals surface area contributed by atoms with Gasteiger partial charge in [-0.05, 0) is 26.7 Å². The van der Waals surface area contributed by atoms with Crippen LogP contribution in [0.5, 0.6) is 0 Å². The van der Waals surface area contributed by atoms with Crippen molar-refractivity contribution >= 4 is 27.1 Å². The topological polar surface area (TPSA) is 85.2 Å². The second-order valence-electron chi connectivity index (χ2n) is 6.00. The summed E-state index contributed by atoms with van der Waals surface area (Å²) in [5.74, 6) is -0.0501. The molecular formula is C15H20N4O3S2. The Balaban J connectivity index is 1.71. The quantitative estimate of drug-likeness (QED) is 0.821. The Morgan fingerprint density at radius 3 is 2.46 bits per heavy atom. The molecule has 0 aliphatic carbocycles. The van der Waals surface area contributed by atoms with Crippen molar-refractivity contribution in [1.82, 2.24) is 19.4 Å². The van der Waals surface area contributed by atoms with Gasteiger partial charge < -0.3 is 9.47 Å². The summed E-state index contributed by atoms with van der Waals surface area (Å²) >= 11 is 1.39. The summed E-state index contributed by atoms with van der Waals surface area (Å²) in [5, 5.41) is 0.469. The summed E-state index contributed by atoms with van der Waals surface area (Å²) in [7, 11) is -1.79. The highest BCUT2D eigenvalue weighted by Crippen LogP contribution is 2.26. The van der Waals surface area contributed by atoms with Crippen LogP contribution < -0.4 is 0 Å². The van der Waals surface area contributed by atoms with Crippen molar-refractivity contribution < 1.29 is 13.2 Å². The first-order chi connectivity index (χ1) is 11.3. The Bertz CT molecular complexity index is 861. The summed E-state index contributed by atoms with van der Waals surface area (Å²) in [6.07, 6.45) is 3.97. The molecule has 0 atom stereocenters. The van der Waals surface area contributed by atoms with Crippen molar-refractivity contribution in [1.29, 1.82) is 0 Å². The summed E-state index contributed by atoms with van der Waals surface area (Å²) in [5.41, 5.74) is 0.741. The van der Waals surface area contributed by atoms with Crippen LogP contribution in [0.2, 0.25) is 0 Å². The van der Waals surface area contributed by atoms with Gasteiger partial charge in [0.05, 0.1) is 16.0 Å². The minimum absolute atomic E-state index is 0.0501. The molecule has 3 rings (SSSR count). The van der Waals surface area contributed by atoms with E-state index < -0.39 is 15.1 Å². The molecule has 0 unspecified atom stereocenters. The van der Waals surface area contributed by atoms with Crippen LogP contribution in [0.3, 0.4) is 0 Å². The number of sulfone groups is 1. The molecule has 3 heterocycles. The zero-order chi connectivity index (χ0) is 17.5. The highest BCUT2D eigenvalue weighted by Gasteiger charge is 2.35. The number of piperidine rings is 1. The molecule has 0 saturated carbocycles. The third kappa shape index (κ3) is 2.98. The predicted molar refractivity (Wildman–Crippen MR) is 90.9 cm³/mol. The first-order valence-corrected chi connectivity index (χ1v) is 10.1.